The largest absolute Gasteiger partial charge is 0.489 e. The molecule has 1 amide bonds. The quantitative estimate of drug-likeness (QED) is 0.639. The van der Waals surface area contributed by atoms with E-state index in [1.54, 1.807) is 39.0 Å². The van der Waals surface area contributed by atoms with Crippen LogP contribution in [-0.2, 0) is 22.6 Å². The lowest BCUT2D eigenvalue weighted by atomic mass is 10.0. The highest BCUT2D eigenvalue weighted by Crippen LogP contribution is 2.16. The van der Waals surface area contributed by atoms with Gasteiger partial charge in [-0.2, -0.15) is 0 Å². The van der Waals surface area contributed by atoms with Crippen molar-refractivity contribution in [3.05, 3.63) is 65.2 Å². The number of carboxylic acids is 1. The van der Waals surface area contributed by atoms with Gasteiger partial charge in [0, 0.05) is 18.0 Å². The number of hydrogen-bond donors (Lipinski definition) is 2. The van der Waals surface area contributed by atoms with Crippen molar-refractivity contribution in [1.82, 2.24) is 5.32 Å². The summed E-state index contributed by atoms with van der Waals surface area (Å²) in [4.78, 5) is 34.5. The Balaban J connectivity index is 1.93. The van der Waals surface area contributed by atoms with Crippen LogP contribution in [0.15, 0.2) is 48.5 Å². The van der Waals surface area contributed by atoms with Gasteiger partial charge in [0.05, 0.1) is 5.92 Å². The lowest BCUT2D eigenvalue weighted by Crippen LogP contribution is -2.40. The van der Waals surface area contributed by atoms with Crippen molar-refractivity contribution >= 4 is 17.7 Å². The predicted molar refractivity (Wildman–Crippen MR) is 110 cm³/mol. The van der Waals surface area contributed by atoms with E-state index in [0.717, 1.165) is 11.1 Å². The highest BCUT2D eigenvalue weighted by molar-refractivity contribution is 5.94. The first-order chi connectivity index (χ1) is 13.8. The van der Waals surface area contributed by atoms with E-state index in [9.17, 15) is 14.4 Å². The van der Waals surface area contributed by atoms with Crippen LogP contribution in [0.5, 0.6) is 5.75 Å². The number of aryl methyl sites for hydroxylation is 1. The highest BCUT2D eigenvalue weighted by Gasteiger charge is 2.21. The Hall–Kier alpha value is -3.15. The number of nitrogens with one attached hydrogen (secondary N) is 1. The molecule has 0 aliphatic carbocycles. The normalized spacial score (nSPS) is 12.7. The second-order valence-electron chi connectivity index (χ2n) is 7.22. The lowest BCUT2D eigenvalue weighted by molar-refractivity contribution is -0.141. The molecule has 2 N–H and O–H groups in total. The van der Waals surface area contributed by atoms with Gasteiger partial charge in [0.15, 0.2) is 0 Å². The van der Waals surface area contributed by atoms with Crippen molar-refractivity contribution in [2.24, 2.45) is 5.92 Å². The number of ketones is 1. The summed E-state index contributed by atoms with van der Waals surface area (Å²) in [6.45, 7) is 5.11. The van der Waals surface area contributed by atoms with Crippen LogP contribution >= 0.6 is 0 Å². The molecule has 2 atom stereocenters. The van der Waals surface area contributed by atoms with Crippen LogP contribution in [0, 0.1) is 5.92 Å². The number of aliphatic carboxylic acids is 1. The molecule has 6 heteroatoms. The molecular weight excluding hydrogens is 370 g/mol. The number of amides is 1. The standard InChI is InChI=1S/C23H27NO5/c1-15(25)7-8-18-9-11-21(12-10-18)29-14-19-5-4-6-20(13-19)22(26)24-17(3)16(2)23(27)28/h4-6,9-13,16-17H,7-8,14H2,1-3H3,(H,24,26)(H,27,28). The van der Waals surface area contributed by atoms with Crippen molar-refractivity contribution in [2.45, 2.75) is 46.3 Å². The van der Waals surface area contributed by atoms with E-state index in [2.05, 4.69) is 5.32 Å². The Kier molecular flexibility index (Phi) is 7.95. The number of hydrogen-bond acceptors (Lipinski definition) is 4. The summed E-state index contributed by atoms with van der Waals surface area (Å²) >= 11 is 0. The van der Waals surface area contributed by atoms with Crippen LogP contribution in [-0.4, -0.2) is 28.8 Å². The molecule has 0 aromatic heterocycles. The van der Waals surface area contributed by atoms with Crippen LogP contribution in [0.4, 0.5) is 0 Å². The zero-order valence-electron chi connectivity index (χ0n) is 17.0. The van der Waals surface area contributed by atoms with Gasteiger partial charge in [-0.3, -0.25) is 9.59 Å². The third-order valence-corrected chi connectivity index (χ3v) is 4.78. The van der Waals surface area contributed by atoms with Gasteiger partial charge in [0.1, 0.15) is 18.1 Å². The van der Waals surface area contributed by atoms with Gasteiger partial charge in [0.25, 0.3) is 5.91 Å². The van der Waals surface area contributed by atoms with Gasteiger partial charge in [-0.1, -0.05) is 24.3 Å². The van der Waals surface area contributed by atoms with Gasteiger partial charge in [-0.05, 0) is 62.6 Å². The van der Waals surface area contributed by atoms with Crippen LogP contribution in [0.25, 0.3) is 0 Å². The minimum absolute atomic E-state index is 0.168. The Morgan fingerprint density at radius 1 is 1.03 bits per heavy atom. The summed E-state index contributed by atoms with van der Waals surface area (Å²) in [6.07, 6.45) is 1.24. The van der Waals surface area contributed by atoms with Crippen molar-refractivity contribution in [2.75, 3.05) is 0 Å². The molecule has 0 radical (unpaired) electrons. The second-order valence-corrected chi connectivity index (χ2v) is 7.22. The van der Waals surface area contributed by atoms with Gasteiger partial charge in [-0.25, -0.2) is 0 Å². The number of benzene rings is 2. The summed E-state index contributed by atoms with van der Waals surface area (Å²) in [5.41, 5.74) is 2.36. The van der Waals surface area contributed by atoms with Gasteiger partial charge >= 0.3 is 5.97 Å². The zero-order valence-corrected chi connectivity index (χ0v) is 17.0. The number of carbonyl (C=O) groups is 3. The minimum Gasteiger partial charge on any atom is -0.489 e. The molecule has 2 rings (SSSR count). The molecule has 2 aromatic rings. The Bertz CT molecular complexity index is 860. The molecular formula is C23H27NO5. The van der Waals surface area contributed by atoms with Crippen molar-refractivity contribution in [3.63, 3.8) is 0 Å². The second kappa shape index (κ2) is 10.4. The van der Waals surface area contributed by atoms with Crippen LogP contribution in [0.1, 0.15) is 48.7 Å². The third kappa shape index (κ3) is 7.07. The molecule has 154 valence electrons. The maximum absolute atomic E-state index is 12.4. The Morgan fingerprint density at radius 3 is 2.34 bits per heavy atom. The number of Topliss-reactive ketones (excluding diaryl/α,β-unsaturated/α-hetero) is 1. The first-order valence-electron chi connectivity index (χ1n) is 9.60. The number of carboxylic acid groups (broad SMARTS) is 1. The predicted octanol–water partition coefficient (Wildman–Crippen LogP) is 3.63. The fraction of sp³-hybridized carbons (Fsp3) is 0.348. The SMILES string of the molecule is CC(=O)CCc1ccc(OCc2cccc(C(=O)NC(C)C(C)C(=O)O)c2)cc1. The van der Waals surface area contributed by atoms with Crippen molar-refractivity contribution in [1.29, 1.82) is 0 Å². The molecule has 2 aromatic carbocycles. The molecule has 0 aliphatic rings. The van der Waals surface area contributed by atoms with Crippen molar-refractivity contribution < 1.29 is 24.2 Å². The monoisotopic (exact) mass is 397 g/mol. The first-order valence-corrected chi connectivity index (χ1v) is 9.60. The van der Waals surface area contributed by atoms with E-state index >= 15 is 0 Å². The summed E-state index contributed by atoms with van der Waals surface area (Å²) in [5, 5.41) is 11.8. The summed E-state index contributed by atoms with van der Waals surface area (Å²) in [6, 6.07) is 14.2. The topological polar surface area (TPSA) is 92.7 Å². The summed E-state index contributed by atoms with van der Waals surface area (Å²) in [5.74, 6) is -1.07. The van der Waals surface area contributed by atoms with Crippen LogP contribution in [0.3, 0.4) is 0 Å². The minimum atomic E-state index is -0.952. The van der Waals surface area contributed by atoms with Gasteiger partial charge in [-0.15, -0.1) is 0 Å². The molecule has 0 heterocycles. The van der Waals surface area contributed by atoms with E-state index < -0.39 is 17.9 Å². The average Bonchev–Trinajstić information content (AvgIpc) is 2.70. The molecule has 0 spiro atoms. The van der Waals surface area contributed by atoms with Crippen molar-refractivity contribution in [3.8, 4) is 5.75 Å². The smallest absolute Gasteiger partial charge is 0.308 e. The fourth-order valence-corrected chi connectivity index (χ4v) is 2.67. The zero-order chi connectivity index (χ0) is 21.4. The molecule has 0 saturated carbocycles. The molecule has 2 unspecified atom stereocenters. The molecule has 6 nitrogen and oxygen atoms in total. The van der Waals surface area contributed by atoms with E-state index in [4.69, 9.17) is 9.84 Å². The number of carbonyl (C=O) groups excluding carboxylic acids is 2. The van der Waals surface area contributed by atoms with E-state index in [-0.39, 0.29) is 11.7 Å². The molecule has 29 heavy (non-hydrogen) atoms. The van der Waals surface area contributed by atoms with E-state index in [1.165, 1.54) is 0 Å². The molecule has 0 saturated heterocycles. The van der Waals surface area contributed by atoms with Crippen LogP contribution < -0.4 is 10.1 Å². The fourth-order valence-electron chi connectivity index (χ4n) is 2.67. The Morgan fingerprint density at radius 2 is 1.72 bits per heavy atom. The molecule has 0 fully saturated rings. The Labute approximate surface area is 170 Å². The average molecular weight is 397 g/mol. The summed E-state index contributed by atoms with van der Waals surface area (Å²) < 4.78 is 5.78. The van der Waals surface area contributed by atoms with Gasteiger partial charge < -0.3 is 20.0 Å². The third-order valence-electron chi connectivity index (χ3n) is 4.78. The van der Waals surface area contributed by atoms with E-state index in [0.29, 0.717) is 30.8 Å². The van der Waals surface area contributed by atoms with Gasteiger partial charge in [0.2, 0.25) is 0 Å². The molecule has 0 bridgehead atoms. The summed E-state index contributed by atoms with van der Waals surface area (Å²) in [7, 11) is 0. The van der Waals surface area contributed by atoms with Crippen LogP contribution in [0.2, 0.25) is 0 Å². The number of rotatable bonds is 10. The molecule has 0 aliphatic heterocycles. The highest BCUT2D eigenvalue weighted by atomic mass is 16.5. The maximum Gasteiger partial charge on any atom is 0.308 e. The lowest BCUT2D eigenvalue weighted by Gasteiger charge is -2.18. The maximum atomic E-state index is 12.4. The first kappa shape index (κ1) is 22.1. The van der Waals surface area contributed by atoms with E-state index in [1.807, 2.05) is 30.3 Å². The number of ether oxygens (including phenoxy) is 1.